The summed E-state index contributed by atoms with van der Waals surface area (Å²) in [4.78, 5) is 25.9. The molecule has 0 radical (unpaired) electrons. The Morgan fingerprint density at radius 2 is 2.18 bits per heavy atom. The number of ether oxygens (including phenoxy) is 1. The molecule has 0 spiro atoms. The van der Waals surface area contributed by atoms with Crippen molar-refractivity contribution in [3.05, 3.63) is 40.8 Å². The van der Waals surface area contributed by atoms with Gasteiger partial charge in [0.2, 0.25) is 5.91 Å². The maximum atomic E-state index is 12.7. The number of nitrogens with zero attached hydrogens (tertiary/aromatic N) is 2. The molecule has 2 heterocycles. The lowest BCUT2D eigenvalue weighted by atomic mass is 9.86. The Labute approximate surface area is 201 Å². The highest BCUT2D eigenvalue weighted by atomic mass is 35.5. The summed E-state index contributed by atoms with van der Waals surface area (Å²) in [5.74, 6) is 0.529. The number of amides is 1. The number of aryl methyl sites for hydroxylation is 1. The van der Waals surface area contributed by atoms with Crippen LogP contribution in [0.15, 0.2) is 34.4 Å². The van der Waals surface area contributed by atoms with E-state index >= 15 is 0 Å². The number of hydrogen-bond donors (Lipinski definition) is 2. The number of sulfone groups is 1. The summed E-state index contributed by atoms with van der Waals surface area (Å²) in [5, 5.41) is 5.18. The van der Waals surface area contributed by atoms with Crippen molar-refractivity contribution in [2.24, 2.45) is 5.92 Å². The summed E-state index contributed by atoms with van der Waals surface area (Å²) in [6.45, 7) is 0.349. The van der Waals surface area contributed by atoms with Crippen LogP contribution in [-0.4, -0.2) is 54.9 Å². The second-order valence-corrected chi connectivity index (χ2v) is 11.8. The highest BCUT2D eigenvalue weighted by molar-refractivity contribution is 7.99. The molecule has 2 N–H and O–H groups in total. The normalized spacial score (nSPS) is 15.9. The lowest BCUT2D eigenvalue weighted by Gasteiger charge is -2.22. The number of aromatic nitrogens is 3. The third-order valence-electron chi connectivity index (χ3n) is 5.64. The standard InChI is InChI=1S/C22H25ClN4O4S2/c1-31-17-7-5-14(23)11-18(17)32-22-19-15-10-13(21(28)24-8-3-9-33(2,29)30)4-6-16(15)27-20(19)25-12-26-22/h5,7,11-13H,3-4,6,8-10H2,1-2H3,(H,24,28)(H,25,26,27). The van der Waals surface area contributed by atoms with Crippen LogP contribution in [0.5, 0.6) is 5.75 Å². The molecule has 1 aliphatic rings. The van der Waals surface area contributed by atoms with Gasteiger partial charge in [-0.05, 0) is 49.4 Å². The largest absolute Gasteiger partial charge is 0.496 e. The molecule has 2 aromatic heterocycles. The molecule has 11 heteroatoms. The fourth-order valence-electron chi connectivity index (χ4n) is 4.04. The minimum absolute atomic E-state index is 0.0499. The fraction of sp³-hybridized carbons (Fsp3) is 0.409. The summed E-state index contributed by atoms with van der Waals surface area (Å²) in [6, 6.07) is 5.43. The van der Waals surface area contributed by atoms with Crippen LogP contribution in [0.1, 0.15) is 24.1 Å². The first-order chi connectivity index (χ1) is 15.7. The van der Waals surface area contributed by atoms with E-state index < -0.39 is 9.84 Å². The number of methoxy groups -OCH3 is 1. The van der Waals surface area contributed by atoms with Crippen molar-refractivity contribution in [2.75, 3.05) is 25.7 Å². The number of carbonyl (C=O) groups excluding carboxylic acids is 1. The molecule has 1 atom stereocenters. The average molecular weight is 509 g/mol. The maximum Gasteiger partial charge on any atom is 0.223 e. The fourth-order valence-corrected chi connectivity index (χ4v) is 6.01. The highest BCUT2D eigenvalue weighted by Gasteiger charge is 2.29. The van der Waals surface area contributed by atoms with Crippen LogP contribution in [0, 0.1) is 5.92 Å². The van der Waals surface area contributed by atoms with E-state index in [0.29, 0.717) is 30.2 Å². The number of fused-ring (bicyclic) bond motifs is 3. The van der Waals surface area contributed by atoms with E-state index in [1.54, 1.807) is 13.2 Å². The Hall–Kier alpha value is -2.30. The van der Waals surface area contributed by atoms with Gasteiger partial charge in [0.15, 0.2) is 0 Å². The van der Waals surface area contributed by atoms with E-state index in [2.05, 4.69) is 20.3 Å². The summed E-state index contributed by atoms with van der Waals surface area (Å²) in [5.41, 5.74) is 2.87. The van der Waals surface area contributed by atoms with E-state index in [1.165, 1.54) is 24.3 Å². The third kappa shape index (κ3) is 5.62. The van der Waals surface area contributed by atoms with Gasteiger partial charge in [-0.3, -0.25) is 4.79 Å². The molecule has 0 bridgehead atoms. The first-order valence-corrected chi connectivity index (χ1v) is 13.8. The monoisotopic (exact) mass is 508 g/mol. The van der Waals surface area contributed by atoms with Gasteiger partial charge in [0.1, 0.15) is 32.6 Å². The van der Waals surface area contributed by atoms with Crippen LogP contribution >= 0.6 is 23.4 Å². The van der Waals surface area contributed by atoms with Crippen LogP contribution in [0.2, 0.25) is 5.02 Å². The lowest BCUT2D eigenvalue weighted by molar-refractivity contribution is -0.125. The zero-order valence-corrected chi connectivity index (χ0v) is 20.7. The maximum absolute atomic E-state index is 12.7. The number of H-pyrrole nitrogens is 1. The van der Waals surface area contributed by atoms with Gasteiger partial charge in [-0.1, -0.05) is 23.4 Å². The zero-order valence-electron chi connectivity index (χ0n) is 18.4. The van der Waals surface area contributed by atoms with Crippen molar-refractivity contribution >= 4 is 50.1 Å². The molecule has 0 saturated carbocycles. The molecule has 3 aromatic rings. The van der Waals surface area contributed by atoms with Gasteiger partial charge in [-0.2, -0.15) is 0 Å². The van der Waals surface area contributed by atoms with Gasteiger partial charge in [0.25, 0.3) is 0 Å². The second kappa shape index (κ2) is 9.90. The van der Waals surface area contributed by atoms with Crippen molar-refractivity contribution in [2.45, 2.75) is 35.6 Å². The minimum atomic E-state index is -3.03. The molecule has 0 saturated heterocycles. The van der Waals surface area contributed by atoms with E-state index in [-0.39, 0.29) is 17.6 Å². The molecule has 8 nitrogen and oxygen atoms in total. The van der Waals surface area contributed by atoms with Gasteiger partial charge in [-0.25, -0.2) is 18.4 Å². The SMILES string of the molecule is COc1ccc(Cl)cc1Sc1ncnc2[nH]c3c(c12)CC(C(=O)NCCCS(C)(=O)=O)CC3. The summed E-state index contributed by atoms with van der Waals surface area (Å²) in [6.07, 6.45) is 5.15. The molecule has 1 aliphatic carbocycles. The first kappa shape index (κ1) is 23.8. The predicted molar refractivity (Wildman–Crippen MR) is 129 cm³/mol. The Morgan fingerprint density at radius 1 is 1.36 bits per heavy atom. The Morgan fingerprint density at radius 3 is 2.94 bits per heavy atom. The van der Waals surface area contributed by atoms with Gasteiger partial charge < -0.3 is 15.0 Å². The highest BCUT2D eigenvalue weighted by Crippen LogP contribution is 2.41. The summed E-state index contributed by atoms with van der Waals surface area (Å²) < 4.78 is 28.0. The van der Waals surface area contributed by atoms with E-state index in [1.807, 2.05) is 12.1 Å². The van der Waals surface area contributed by atoms with Gasteiger partial charge in [0, 0.05) is 29.4 Å². The van der Waals surface area contributed by atoms with Crippen LogP contribution in [0.4, 0.5) is 0 Å². The molecule has 176 valence electrons. The summed E-state index contributed by atoms with van der Waals surface area (Å²) in [7, 11) is -1.42. The molecule has 1 amide bonds. The van der Waals surface area contributed by atoms with Crippen molar-refractivity contribution < 1.29 is 17.9 Å². The predicted octanol–water partition coefficient (Wildman–Crippen LogP) is 3.43. The molecule has 0 fully saturated rings. The molecular formula is C22H25ClN4O4S2. The Bertz CT molecular complexity index is 1290. The number of nitrogens with one attached hydrogen (secondary N) is 2. The molecule has 4 rings (SSSR count). The third-order valence-corrected chi connectivity index (χ3v) is 7.94. The first-order valence-electron chi connectivity index (χ1n) is 10.6. The number of halogens is 1. The van der Waals surface area contributed by atoms with E-state index in [4.69, 9.17) is 16.3 Å². The topological polar surface area (TPSA) is 114 Å². The van der Waals surface area contributed by atoms with Crippen LogP contribution in [-0.2, 0) is 27.5 Å². The van der Waals surface area contributed by atoms with Crippen molar-refractivity contribution in [1.82, 2.24) is 20.3 Å². The molecule has 0 aliphatic heterocycles. The van der Waals surface area contributed by atoms with Gasteiger partial charge in [0.05, 0.1) is 23.1 Å². The Balaban J connectivity index is 1.56. The molecule has 1 aromatic carbocycles. The quantitative estimate of drug-likeness (QED) is 0.354. The van der Waals surface area contributed by atoms with Crippen molar-refractivity contribution in [1.29, 1.82) is 0 Å². The molecule has 1 unspecified atom stereocenters. The average Bonchev–Trinajstić information content (AvgIpc) is 3.15. The van der Waals surface area contributed by atoms with Crippen LogP contribution in [0.3, 0.4) is 0 Å². The van der Waals surface area contributed by atoms with Gasteiger partial charge in [-0.15, -0.1) is 0 Å². The van der Waals surface area contributed by atoms with Crippen LogP contribution in [0.25, 0.3) is 11.0 Å². The molecule has 33 heavy (non-hydrogen) atoms. The summed E-state index contributed by atoms with van der Waals surface area (Å²) >= 11 is 7.65. The van der Waals surface area contributed by atoms with Crippen molar-refractivity contribution in [3.8, 4) is 5.75 Å². The van der Waals surface area contributed by atoms with Crippen molar-refractivity contribution in [3.63, 3.8) is 0 Å². The number of hydrogen-bond acceptors (Lipinski definition) is 7. The number of carbonyl (C=O) groups is 1. The van der Waals surface area contributed by atoms with E-state index in [0.717, 1.165) is 45.1 Å². The Kier molecular flexibility index (Phi) is 7.16. The van der Waals surface area contributed by atoms with Gasteiger partial charge >= 0.3 is 0 Å². The molecular weight excluding hydrogens is 484 g/mol. The van der Waals surface area contributed by atoms with Crippen LogP contribution < -0.4 is 10.1 Å². The second-order valence-electron chi connectivity index (χ2n) is 8.10. The number of aromatic amines is 1. The number of rotatable bonds is 8. The lowest BCUT2D eigenvalue weighted by Crippen LogP contribution is -2.35. The zero-order chi connectivity index (χ0) is 23.6. The smallest absolute Gasteiger partial charge is 0.223 e. The minimum Gasteiger partial charge on any atom is -0.496 e. The number of benzene rings is 1. The van der Waals surface area contributed by atoms with E-state index in [9.17, 15) is 13.2 Å².